The molecule has 1 fully saturated rings. The van der Waals surface area contributed by atoms with Gasteiger partial charge in [-0.3, -0.25) is 4.79 Å². The minimum absolute atomic E-state index is 0.00747. The van der Waals surface area contributed by atoms with Gasteiger partial charge in [0.1, 0.15) is 5.69 Å². The third-order valence-corrected chi connectivity index (χ3v) is 5.46. The van der Waals surface area contributed by atoms with E-state index in [0.29, 0.717) is 18.2 Å². The van der Waals surface area contributed by atoms with E-state index in [0.717, 1.165) is 56.1 Å². The van der Waals surface area contributed by atoms with Gasteiger partial charge in [0.05, 0.1) is 14.2 Å². The second kappa shape index (κ2) is 7.66. The van der Waals surface area contributed by atoms with Gasteiger partial charge in [0, 0.05) is 31.9 Å². The summed E-state index contributed by atoms with van der Waals surface area (Å²) >= 11 is 0. The van der Waals surface area contributed by atoms with E-state index in [1.165, 1.54) is 11.1 Å². The van der Waals surface area contributed by atoms with Crippen LogP contribution in [0.2, 0.25) is 0 Å². The molecular weight excluding hydrogens is 356 g/mol. The number of hydrogen-bond acceptors (Lipinski definition) is 6. The summed E-state index contributed by atoms with van der Waals surface area (Å²) < 4.78 is 10.9. The van der Waals surface area contributed by atoms with Crippen LogP contribution in [-0.2, 0) is 13.0 Å². The summed E-state index contributed by atoms with van der Waals surface area (Å²) in [6.07, 6.45) is 3.00. The summed E-state index contributed by atoms with van der Waals surface area (Å²) in [5.41, 5.74) is 3.71. The molecule has 7 heteroatoms. The van der Waals surface area contributed by atoms with Gasteiger partial charge in [0.25, 0.3) is 5.91 Å². The first-order chi connectivity index (χ1) is 13.6. The Bertz CT molecular complexity index is 893. The minimum Gasteiger partial charge on any atom is -0.493 e. The summed E-state index contributed by atoms with van der Waals surface area (Å²) in [4.78, 5) is 26.0. The fourth-order valence-electron chi connectivity index (χ4n) is 3.94. The molecule has 3 heterocycles. The summed E-state index contributed by atoms with van der Waals surface area (Å²) in [7, 11) is 3.30. The van der Waals surface area contributed by atoms with E-state index in [1.54, 1.807) is 20.3 Å². The summed E-state index contributed by atoms with van der Waals surface area (Å²) in [6, 6.07) is 5.85. The number of carbonyl (C=O) groups excluding carboxylic acids is 1. The molecule has 1 amide bonds. The number of nitrogens with zero attached hydrogens (tertiary/aromatic N) is 4. The molecule has 2 aromatic rings. The Hall–Kier alpha value is -2.83. The topological polar surface area (TPSA) is 67.8 Å². The van der Waals surface area contributed by atoms with Crippen molar-refractivity contribution in [2.75, 3.05) is 38.8 Å². The van der Waals surface area contributed by atoms with Gasteiger partial charge in [-0.15, -0.1) is 0 Å². The Morgan fingerprint density at radius 3 is 2.32 bits per heavy atom. The number of aryl methyl sites for hydroxylation is 1. The summed E-state index contributed by atoms with van der Waals surface area (Å²) in [6.45, 7) is 5.02. The fourth-order valence-corrected chi connectivity index (χ4v) is 3.94. The molecule has 1 aromatic carbocycles. The first-order valence-corrected chi connectivity index (χ1v) is 9.72. The van der Waals surface area contributed by atoms with Crippen LogP contribution in [0.5, 0.6) is 11.5 Å². The zero-order valence-corrected chi connectivity index (χ0v) is 16.7. The first kappa shape index (κ1) is 18.5. The highest BCUT2D eigenvalue weighted by Crippen LogP contribution is 2.34. The number of fused-ring (bicyclic) bond motifs is 1. The van der Waals surface area contributed by atoms with E-state index in [2.05, 4.69) is 14.9 Å². The number of likely N-dealkylation sites (tertiary alicyclic amines) is 1. The second-order valence-electron chi connectivity index (χ2n) is 7.34. The van der Waals surface area contributed by atoms with Crippen LogP contribution in [0, 0.1) is 6.92 Å². The first-order valence-electron chi connectivity index (χ1n) is 9.72. The third-order valence-electron chi connectivity index (χ3n) is 5.46. The maximum atomic E-state index is 12.8. The molecular formula is C21H26N4O3. The maximum absolute atomic E-state index is 12.8. The Kier molecular flexibility index (Phi) is 5.07. The van der Waals surface area contributed by atoms with E-state index in [9.17, 15) is 4.79 Å². The molecule has 0 N–H and O–H groups in total. The lowest BCUT2D eigenvalue weighted by molar-refractivity contribution is 0.0786. The molecule has 4 rings (SSSR count). The molecule has 0 aliphatic carbocycles. The Labute approximate surface area is 165 Å². The number of methoxy groups -OCH3 is 2. The van der Waals surface area contributed by atoms with Crippen LogP contribution >= 0.6 is 0 Å². The van der Waals surface area contributed by atoms with E-state index < -0.39 is 0 Å². The van der Waals surface area contributed by atoms with Crippen molar-refractivity contribution in [1.82, 2.24) is 14.9 Å². The Morgan fingerprint density at radius 2 is 1.64 bits per heavy atom. The van der Waals surface area contributed by atoms with Crippen LogP contribution in [0.25, 0.3) is 0 Å². The van der Waals surface area contributed by atoms with Crippen LogP contribution in [0.4, 0.5) is 5.95 Å². The molecule has 28 heavy (non-hydrogen) atoms. The molecule has 7 nitrogen and oxygen atoms in total. The van der Waals surface area contributed by atoms with E-state index in [-0.39, 0.29) is 5.91 Å². The molecule has 2 aliphatic heterocycles. The van der Waals surface area contributed by atoms with Gasteiger partial charge in [-0.05, 0) is 55.5 Å². The highest BCUT2D eigenvalue weighted by molar-refractivity contribution is 5.92. The van der Waals surface area contributed by atoms with Gasteiger partial charge >= 0.3 is 0 Å². The number of amides is 1. The molecule has 0 spiro atoms. The summed E-state index contributed by atoms with van der Waals surface area (Å²) in [5, 5.41) is 0. The summed E-state index contributed by atoms with van der Waals surface area (Å²) in [5.74, 6) is 2.09. The number of hydrogen-bond donors (Lipinski definition) is 0. The number of ether oxygens (including phenoxy) is 2. The molecule has 0 radical (unpaired) electrons. The van der Waals surface area contributed by atoms with E-state index in [4.69, 9.17) is 9.47 Å². The van der Waals surface area contributed by atoms with Crippen molar-refractivity contribution in [3.63, 3.8) is 0 Å². The molecule has 1 aromatic heterocycles. The SMILES string of the molecule is COc1cc2c(cc1OC)CN(c1nc(C)cc(C(=O)N3CCCC3)n1)CC2. The highest BCUT2D eigenvalue weighted by atomic mass is 16.5. The standard InChI is InChI=1S/C21H26N4O3/c1-14-10-17(20(26)24-7-4-5-8-24)23-21(22-14)25-9-6-15-11-18(27-2)19(28-3)12-16(15)13-25/h10-12H,4-9,13H2,1-3H3. The lowest BCUT2D eigenvalue weighted by Crippen LogP contribution is -2.33. The average Bonchev–Trinajstić information content (AvgIpc) is 3.26. The molecule has 1 saturated heterocycles. The van der Waals surface area contributed by atoms with Crippen LogP contribution in [0.3, 0.4) is 0 Å². The van der Waals surface area contributed by atoms with E-state index in [1.807, 2.05) is 24.0 Å². The predicted molar refractivity (Wildman–Crippen MR) is 106 cm³/mol. The van der Waals surface area contributed by atoms with Crippen molar-refractivity contribution >= 4 is 11.9 Å². The van der Waals surface area contributed by atoms with E-state index >= 15 is 0 Å². The van der Waals surface area contributed by atoms with Crippen molar-refractivity contribution in [2.24, 2.45) is 0 Å². The predicted octanol–water partition coefficient (Wildman–Crippen LogP) is 2.60. The van der Waals surface area contributed by atoms with Crippen LogP contribution in [0.1, 0.15) is 40.2 Å². The van der Waals surface area contributed by atoms with Crippen molar-refractivity contribution in [1.29, 1.82) is 0 Å². The van der Waals surface area contributed by atoms with Gasteiger partial charge < -0.3 is 19.3 Å². The Balaban J connectivity index is 1.61. The zero-order valence-electron chi connectivity index (χ0n) is 16.7. The van der Waals surface area contributed by atoms with Crippen LogP contribution in [0.15, 0.2) is 18.2 Å². The molecule has 0 saturated carbocycles. The number of anilines is 1. The quantitative estimate of drug-likeness (QED) is 0.810. The smallest absolute Gasteiger partial charge is 0.272 e. The lowest BCUT2D eigenvalue weighted by Gasteiger charge is -2.30. The normalized spacial score (nSPS) is 16.1. The molecule has 2 aliphatic rings. The van der Waals surface area contributed by atoms with Crippen molar-refractivity contribution in [2.45, 2.75) is 32.7 Å². The van der Waals surface area contributed by atoms with Gasteiger partial charge in [0.2, 0.25) is 5.95 Å². The number of carbonyl (C=O) groups is 1. The van der Waals surface area contributed by atoms with Crippen LogP contribution < -0.4 is 14.4 Å². The largest absolute Gasteiger partial charge is 0.493 e. The van der Waals surface area contributed by atoms with Crippen molar-refractivity contribution in [3.8, 4) is 11.5 Å². The molecule has 0 unspecified atom stereocenters. The van der Waals surface area contributed by atoms with Gasteiger partial charge in [0.15, 0.2) is 11.5 Å². The zero-order chi connectivity index (χ0) is 19.7. The average molecular weight is 382 g/mol. The van der Waals surface area contributed by atoms with Gasteiger partial charge in [-0.25, -0.2) is 9.97 Å². The van der Waals surface area contributed by atoms with Gasteiger partial charge in [-0.2, -0.15) is 0 Å². The maximum Gasteiger partial charge on any atom is 0.272 e. The number of aromatic nitrogens is 2. The number of benzene rings is 1. The molecule has 148 valence electrons. The number of rotatable bonds is 4. The fraction of sp³-hybridized carbons (Fsp3) is 0.476. The molecule has 0 bridgehead atoms. The second-order valence-corrected chi connectivity index (χ2v) is 7.34. The van der Waals surface area contributed by atoms with Gasteiger partial charge in [-0.1, -0.05) is 0 Å². The lowest BCUT2D eigenvalue weighted by atomic mass is 9.99. The van der Waals surface area contributed by atoms with Crippen molar-refractivity contribution in [3.05, 3.63) is 40.7 Å². The third kappa shape index (κ3) is 3.48. The minimum atomic E-state index is 0.00747. The van der Waals surface area contributed by atoms with Crippen LogP contribution in [-0.4, -0.2) is 54.6 Å². The highest BCUT2D eigenvalue weighted by Gasteiger charge is 2.25. The van der Waals surface area contributed by atoms with Crippen molar-refractivity contribution < 1.29 is 14.3 Å². The monoisotopic (exact) mass is 382 g/mol. The Morgan fingerprint density at radius 1 is 0.964 bits per heavy atom. The molecule has 0 atom stereocenters.